The number of carbonyl (C=O) groups is 2. The molecule has 0 heterocycles. The van der Waals surface area contributed by atoms with Crippen molar-refractivity contribution >= 4 is 17.6 Å². The van der Waals surface area contributed by atoms with Gasteiger partial charge in [-0.15, -0.1) is 0 Å². The average molecular weight is 280 g/mol. The van der Waals surface area contributed by atoms with Crippen molar-refractivity contribution in [3.8, 4) is 0 Å². The van der Waals surface area contributed by atoms with Crippen molar-refractivity contribution in [3.63, 3.8) is 0 Å². The maximum Gasteiger partial charge on any atom is 0.303 e. The van der Waals surface area contributed by atoms with E-state index in [2.05, 4.69) is 5.32 Å². The minimum absolute atomic E-state index is 0.0325. The van der Waals surface area contributed by atoms with E-state index in [1.165, 1.54) is 12.1 Å². The first-order valence-electron chi connectivity index (χ1n) is 6.23. The molecule has 0 aliphatic carbocycles. The lowest BCUT2D eigenvalue weighted by Gasteiger charge is -2.06. The van der Waals surface area contributed by atoms with Crippen LogP contribution in [0, 0.1) is 10.1 Å². The number of amides is 1. The van der Waals surface area contributed by atoms with Gasteiger partial charge >= 0.3 is 5.97 Å². The van der Waals surface area contributed by atoms with E-state index in [4.69, 9.17) is 5.11 Å². The molecule has 108 valence electrons. The molecule has 0 saturated heterocycles. The fourth-order valence-corrected chi connectivity index (χ4v) is 1.72. The largest absolute Gasteiger partial charge is 0.481 e. The second-order valence-electron chi connectivity index (χ2n) is 4.21. The van der Waals surface area contributed by atoms with Crippen LogP contribution in [0.2, 0.25) is 0 Å². The van der Waals surface area contributed by atoms with Crippen molar-refractivity contribution in [1.82, 2.24) is 5.32 Å². The molecule has 7 heteroatoms. The third-order valence-corrected chi connectivity index (χ3v) is 2.78. The lowest BCUT2D eigenvalue weighted by Crippen LogP contribution is -2.25. The highest BCUT2D eigenvalue weighted by Crippen LogP contribution is 2.20. The van der Waals surface area contributed by atoms with Crippen LogP contribution in [0.3, 0.4) is 0 Å². The van der Waals surface area contributed by atoms with E-state index >= 15 is 0 Å². The Morgan fingerprint density at radius 2 is 2.10 bits per heavy atom. The first-order valence-corrected chi connectivity index (χ1v) is 6.23. The number of rotatable bonds is 7. The summed E-state index contributed by atoms with van der Waals surface area (Å²) in [5.41, 5.74) is 0.687. The Labute approximate surface area is 115 Å². The Balaban J connectivity index is 2.71. The van der Waals surface area contributed by atoms with Gasteiger partial charge in [0.05, 0.1) is 4.92 Å². The van der Waals surface area contributed by atoms with Crippen LogP contribution < -0.4 is 5.32 Å². The van der Waals surface area contributed by atoms with Gasteiger partial charge in [-0.3, -0.25) is 19.7 Å². The molecule has 0 spiro atoms. The van der Waals surface area contributed by atoms with Gasteiger partial charge < -0.3 is 10.4 Å². The van der Waals surface area contributed by atoms with E-state index in [0.717, 1.165) is 0 Å². The molecule has 0 fully saturated rings. The van der Waals surface area contributed by atoms with Crippen LogP contribution in [-0.4, -0.2) is 28.5 Å². The number of nitrogens with one attached hydrogen (secondary N) is 1. The Hall–Kier alpha value is -2.44. The van der Waals surface area contributed by atoms with E-state index in [1.807, 2.05) is 0 Å². The Bertz CT molecular complexity index is 527. The quantitative estimate of drug-likeness (QED) is 0.449. The number of aryl methyl sites for hydroxylation is 1. The van der Waals surface area contributed by atoms with Crippen LogP contribution in [-0.2, 0) is 11.2 Å². The second-order valence-corrected chi connectivity index (χ2v) is 4.21. The summed E-state index contributed by atoms with van der Waals surface area (Å²) in [4.78, 5) is 32.5. The number of nitrogens with zero attached hydrogens (tertiary/aromatic N) is 1. The Morgan fingerprint density at radius 1 is 1.40 bits per heavy atom. The third-order valence-electron chi connectivity index (χ3n) is 2.78. The van der Waals surface area contributed by atoms with Gasteiger partial charge in [-0.1, -0.05) is 13.0 Å². The van der Waals surface area contributed by atoms with Gasteiger partial charge in [0.15, 0.2) is 0 Å². The molecule has 0 unspecified atom stereocenters. The lowest BCUT2D eigenvalue weighted by molar-refractivity contribution is -0.385. The summed E-state index contributed by atoms with van der Waals surface area (Å²) in [5, 5.41) is 21.9. The van der Waals surface area contributed by atoms with Gasteiger partial charge in [-0.05, 0) is 18.9 Å². The predicted octanol–water partition coefficient (Wildman–Crippen LogP) is 1.75. The van der Waals surface area contributed by atoms with Gasteiger partial charge in [-0.2, -0.15) is 0 Å². The summed E-state index contributed by atoms with van der Waals surface area (Å²) in [6.07, 6.45) is 0.794. The highest BCUT2D eigenvalue weighted by molar-refractivity contribution is 5.95. The van der Waals surface area contributed by atoms with Crippen molar-refractivity contribution in [3.05, 3.63) is 39.4 Å². The number of nitro benzene ring substituents is 1. The number of carbonyl (C=O) groups excluding carboxylic acids is 1. The molecule has 7 nitrogen and oxygen atoms in total. The van der Waals surface area contributed by atoms with Crippen LogP contribution in [0.25, 0.3) is 0 Å². The van der Waals surface area contributed by atoms with Crippen LogP contribution in [0.1, 0.15) is 35.7 Å². The summed E-state index contributed by atoms with van der Waals surface area (Å²) in [6.45, 7) is 2.02. The Kier molecular flexibility index (Phi) is 5.64. The molecule has 1 amide bonds. The maximum absolute atomic E-state index is 11.8. The number of hydrogen-bond acceptors (Lipinski definition) is 4. The lowest BCUT2D eigenvalue weighted by atomic mass is 10.1. The molecule has 1 rings (SSSR count). The molecule has 0 aliphatic heterocycles. The van der Waals surface area contributed by atoms with Crippen molar-refractivity contribution in [2.45, 2.75) is 26.2 Å². The van der Waals surface area contributed by atoms with Crippen molar-refractivity contribution < 1.29 is 19.6 Å². The summed E-state index contributed by atoms with van der Waals surface area (Å²) in [5.74, 6) is -1.37. The molecular formula is C13H16N2O5. The smallest absolute Gasteiger partial charge is 0.303 e. The van der Waals surface area contributed by atoms with Gasteiger partial charge in [-0.25, -0.2) is 0 Å². The topological polar surface area (TPSA) is 110 Å². The first kappa shape index (κ1) is 15.6. The van der Waals surface area contributed by atoms with E-state index in [0.29, 0.717) is 18.4 Å². The van der Waals surface area contributed by atoms with E-state index in [1.54, 1.807) is 13.0 Å². The predicted molar refractivity (Wildman–Crippen MR) is 71.7 cm³/mol. The number of nitro groups is 1. The van der Waals surface area contributed by atoms with Gasteiger partial charge in [0, 0.05) is 30.2 Å². The standard InChI is InChI=1S/C13H16N2O5/c1-2-9-5-6-10(8-11(9)15(19)20)13(18)14-7-3-4-12(16)17/h5-6,8H,2-4,7H2,1H3,(H,14,18)(H,16,17). The molecule has 0 saturated carbocycles. The van der Waals surface area contributed by atoms with E-state index in [-0.39, 0.29) is 24.2 Å². The zero-order valence-electron chi connectivity index (χ0n) is 11.1. The fourth-order valence-electron chi connectivity index (χ4n) is 1.72. The highest BCUT2D eigenvalue weighted by atomic mass is 16.6. The minimum atomic E-state index is -0.929. The molecule has 20 heavy (non-hydrogen) atoms. The number of aliphatic carboxylic acids is 1. The minimum Gasteiger partial charge on any atom is -0.481 e. The molecule has 1 aromatic rings. The van der Waals surface area contributed by atoms with Crippen LogP contribution >= 0.6 is 0 Å². The van der Waals surface area contributed by atoms with Gasteiger partial charge in [0.1, 0.15) is 0 Å². The van der Waals surface area contributed by atoms with Gasteiger partial charge in [0.2, 0.25) is 0 Å². The molecule has 0 atom stereocenters. The van der Waals surface area contributed by atoms with Crippen LogP contribution in [0.4, 0.5) is 5.69 Å². The van der Waals surface area contributed by atoms with Crippen LogP contribution in [0.15, 0.2) is 18.2 Å². The normalized spacial score (nSPS) is 10.1. The first-order chi connectivity index (χ1) is 9.45. The number of hydrogen-bond donors (Lipinski definition) is 2. The maximum atomic E-state index is 11.8. The molecule has 0 radical (unpaired) electrons. The van der Waals surface area contributed by atoms with Crippen LogP contribution in [0.5, 0.6) is 0 Å². The molecule has 0 aromatic heterocycles. The average Bonchev–Trinajstić information content (AvgIpc) is 2.42. The molecule has 1 aromatic carbocycles. The van der Waals surface area contributed by atoms with E-state index < -0.39 is 16.8 Å². The SMILES string of the molecule is CCc1ccc(C(=O)NCCCC(=O)O)cc1[N+](=O)[O-]. The molecule has 0 aliphatic rings. The second kappa shape index (κ2) is 7.22. The zero-order chi connectivity index (χ0) is 15.1. The van der Waals surface area contributed by atoms with Crippen molar-refractivity contribution in [1.29, 1.82) is 0 Å². The molecule has 2 N–H and O–H groups in total. The monoisotopic (exact) mass is 280 g/mol. The summed E-state index contributed by atoms with van der Waals surface area (Å²) in [6, 6.07) is 4.33. The third kappa shape index (κ3) is 4.34. The number of carboxylic acid groups (broad SMARTS) is 1. The number of benzene rings is 1. The van der Waals surface area contributed by atoms with Crippen molar-refractivity contribution in [2.24, 2.45) is 0 Å². The molecular weight excluding hydrogens is 264 g/mol. The summed E-state index contributed by atoms with van der Waals surface area (Å²) in [7, 11) is 0. The Morgan fingerprint density at radius 3 is 2.65 bits per heavy atom. The van der Waals surface area contributed by atoms with Crippen molar-refractivity contribution in [2.75, 3.05) is 6.54 Å². The zero-order valence-corrected chi connectivity index (χ0v) is 11.1. The summed E-state index contributed by atoms with van der Waals surface area (Å²) >= 11 is 0. The van der Waals surface area contributed by atoms with Gasteiger partial charge in [0.25, 0.3) is 11.6 Å². The number of carboxylic acids is 1. The highest BCUT2D eigenvalue weighted by Gasteiger charge is 2.16. The fraction of sp³-hybridized carbons (Fsp3) is 0.385. The van der Waals surface area contributed by atoms with E-state index in [9.17, 15) is 19.7 Å². The molecule has 0 bridgehead atoms. The summed E-state index contributed by atoms with van der Waals surface area (Å²) < 4.78 is 0.